The highest BCUT2D eigenvalue weighted by Gasteiger charge is 2.16. The number of carbonyl (C=O) groups excluding carboxylic acids is 1. The van der Waals surface area contributed by atoms with E-state index in [1.165, 1.54) is 10.6 Å². The Bertz CT molecular complexity index is 1750. The molecule has 2 aromatic carbocycles. The minimum absolute atomic E-state index is 0.0569. The molecule has 9 heteroatoms. The van der Waals surface area contributed by atoms with Crippen LogP contribution >= 0.6 is 0 Å². The number of anilines is 2. The number of amides is 1. The predicted molar refractivity (Wildman–Crippen MR) is 156 cm³/mol. The molecule has 1 amide bonds. The van der Waals surface area contributed by atoms with Gasteiger partial charge in [0.1, 0.15) is 22.9 Å². The fraction of sp³-hybridized carbons (Fsp3) is 0.161. The standard InChI is InChI=1S/C31H28N6O3/c1-21-18-22(35-30(38)24-8-5-15-37(31(24)39)23-6-3-2-4-7-23)9-10-27(21)40-28-11-12-33-26-20-34-29(19-25(26)28)36-16-13-32-14-17-36/h2-12,15,18-20,32H,13-14,16-17H2,1H3,(H,35,38). The molecule has 0 radical (unpaired) electrons. The van der Waals surface area contributed by atoms with Crippen molar-refractivity contribution >= 4 is 28.3 Å². The summed E-state index contributed by atoms with van der Waals surface area (Å²) in [6, 6.07) is 21.7. The average molecular weight is 533 g/mol. The van der Waals surface area contributed by atoms with E-state index in [4.69, 9.17) is 4.74 Å². The van der Waals surface area contributed by atoms with Crippen LogP contribution in [0.25, 0.3) is 16.6 Å². The van der Waals surface area contributed by atoms with Crippen LogP contribution in [-0.4, -0.2) is 46.6 Å². The van der Waals surface area contributed by atoms with Crippen LogP contribution < -0.4 is 25.8 Å². The molecule has 0 unspecified atom stereocenters. The zero-order valence-electron chi connectivity index (χ0n) is 22.0. The summed E-state index contributed by atoms with van der Waals surface area (Å²) in [5.41, 5.74) is 2.51. The summed E-state index contributed by atoms with van der Waals surface area (Å²) in [6.07, 6.45) is 5.13. The minimum Gasteiger partial charge on any atom is -0.456 e. The first-order valence-electron chi connectivity index (χ1n) is 13.1. The zero-order chi connectivity index (χ0) is 27.5. The maximum atomic E-state index is 13.0. The summed E-state index contributed by atoms with van der Waals surface area (Å²) in [5, 5.41) is 7.08. The van der Waals surface area contributed by atoms with Gasteiger partial charge in [0.05, 0.1) is 11.7 Å². The summed E-state index contributed by atoms with van der Waals surface area (Å²) >= 11 is 0. The van der Waals surface area contributed by atoms with Crippen LogP contribution in [0.1, 0.15) is 15.9 Å². The lowest BCUT2D eigenvalue weighted by molar-refractivity contribution is 0.102. The van der Waals surface area contributed by atoms with Crippen molar-refractivity contribution in [3.63, 3.8) is 0 Å². The first-order chi connectivity index (χ1) is 19.6. The van der Waals surface area contributed by atoms with Crippen LogP contribution in [0.15, 0.2) is 96.2 Å². The number of piperazine rings is 1. The third-order valence-electron chi connectivity index (χ3n) is 6.89. The molecular weight excluding hydrogens is 504 g/mol. The van der Waals surface area contributed by atoms with Crippen LogP contribution in [0.3, 0.4) is 0 Å². The molecule has 1 aliphatic rings. The van der Waals surface area contributed by atoms with E-state index in [1.807, 2.05) is 61.5 Å². The number of aryl methyl sites for hydroxylation is 1. The summed E-state index contributed by atoms with van der Waals surface area (Å²) in [5.74, 6) is 1.75. The fourth-order valence-electron chi connectivity index (χ4n) is 4.79. The van der Waals surface area contributed by atoms with Gasteiger partial charge in [0.25, 0.3) is 11.5 Å². The summed E-state index contributed by atoms with van der Waals surface area (Å²) in [4.78, 5) is 37.4. The number of rotatable bonds is 6. The Labute approximate surface area is 231 Å². The van der Waals surface area contributed by atoms with Crippen molar-refractivity contribution in [2.75, 3.05) is 36.4 Å². The van der Waals surface area contributed by atoms with Crippen LogP contribution in [0.4, 0.5) is 11.5 Å². The number of benzene rings is 2. The Morgan fingerprint density at radius 1 is 0.950 bits per heavy atom. The number of nitrogens with zero attached hydrogens (tertiary/aromatic N) is 4. The van der Waals surface area contributed by atoms with E-state index >= 15 is 0 Å². The molecule has 0 bridgehead atoms. The van der Waals surface area contributed by atoms with Crippen molar-refractivity contribution in [2.24, 2.45) is 0 Å². The Morgan fingerprint density at radius 3 is 2.58 bits per heavy atom. The first kappa shape index (κ1) is 25.3. The topological polar surface area (TPSA) is 101 Å². The van der Waals surface area contributed by atoms with Crippen molar-refractivity contribution < 1.29 is 9.53 Å². The third-order valence-corrected chi connectivity index (χ3v) is 6.89. The van der Waals surface area contributed by atoms with Gasteiger partial charge in [-0.1, -0.05) is 18.2 Å². The van der Waals surface area contributed by atoms with E-state index in [9.17, 15) is 9.59 Å². The van der Waals surface area contributed by atoms with E-state index < -0.39 is 5.91 Å². The summed E-state index contributed by atoms with van der Waals surface area (Å²) in [7, 11) is 0. The van der Waals surface area contributed by atoms with Crippen molar-refractivity contribution in [2.45, 2.75) is 6.92 Å². The van der Waals surface area contributed by atoms with Gasteiger partial charge in [0.2, 0.25) is 0 Å². The van der Waals surface area contributed by atoms with Gasteiger partial charge in [0.15, 0.2) is 0 Å². The normalized spacial score (nSPS) is 13.3. The maximum absolute atomic E-state index is 13.0. The van der Waals surface area contributed by atoms with Crippen LogP contribution in [0.2, 0.25) is 0 Å². The smallest absolute Gasteiger partial charge is 0.267 e. The molecule has 0 aliphatic carbocycles. The van der Waals surface area contributed by atoms with Gasteiger partial charge in [-0.25, -0.2) is 4.98 Å². The number of hydrogen-bond donors (Lipinski definition) is 2. The zero-order valence-corrected chi connectivity index (χ0v) is 22.0. The molecular formula is C31H28N6O3. The molecule has 0 atom stereocenters. The number of hydrogen-bond acceptors (Lipinski definition) is 7. The van der Waals surface area contributed by atoms with Crippen LogP contribution in [-0.2, 0) is 0 Å². The highest BCUT2D eigenvalue weighted by molar-refractivity contribution is 6.04. The van der Waals surface area contributed by atoms with Gasteiger partial charge < -0.3 is 20.3 Å². The van der Waals surface area contributed by atoms with Crippen LogP contribution in [0, 0.1) is 6.92 Å². The molecule has 0 saturated carbocycles. The Kier molecular flexibility index (Phi) is 6.95. The molecule has 3 aromatic heterocycles. The molecule has 1 saturated heterocycles. The fourth-order valence-corrected chi connectivity index (χ4v) is 4.79. The number of fused-ring (bicyclic) bond motifs is 1. The minimum atomic E-state index is -0.476. The quantitative estimate of drug-likeness (QED) is 0.331. The number of pyridine rings is 3. The van der Waals surface area contributed by atoms with Gasteiger partial charge in [-0.05, 0) is 67.1 Å². The Balaban J connectivity index is 1.22. The lowest BCUT2D eigenvalue weighted by atomic mass is 10.1. The number of aromatic nitrogens is 3. The molecule has 200 valence electrons. The molecule has 1 fully saturated rings. The lowest BCUT2D eigenvalue weighted by Crippen LogP contribution is -2.43. The molecule has 40 heavy (non-hydrogen) atoms. The van der Waals surface area contributed by atoms with E-state index in [1.54, 1.807) is 30.7 Å². The van der Waals surface area contributed by atoms with Gasteiger partial charge in [-0.15, -0.1) is 0 Å². The molecule has 1 aliphatic heterocycles. The highest BCUT2D eigenvalue weighted by atomic mass is 16.5. The maximum Gasteiger partial charge on any atom is 0.267 e. The SMILES string of the molecule is Cc1cc(NC(=O)c2cccn(-c3ccccc3)c2=O)ccc1Oc1ccnc2cnc(N3CCNCC3)cc12. The van der Waals surface area contributed by atoms with Gasteiger partial charge in [-0.3, -0.25) is 19.1 Å². The van der Waals surface area contributed by atoms with Gasteiger partial charge in [-0.2, -0.15) is 0 Å². The number of ether oxygens (including phenoxy) is 1. The van der Waals surface area contributed by atoms with E-state index in [2.05, 4.69) is 25.5 Å². The largest absolute Gasteiger partial charge is 0.456 e. The second-order valence-corrected chi connectivity index (χ2v) is 9.57. The summed E-state index contributed by atoms with van der Waals surface area (Å²) < 4.78 is 7.79. The Hall–Kier alpha value is -5.02. The third kappa shape index (κ3) is 5.14. The molecule has 9 nitrogen and oxygen atoms in total. The highest BCUT2D eigenvalue weighted by Crippen LogP contribution is 2.33. The number of nitrogens with one attached hydrogen (secondary N) is 2. The average Bonchev–Trinajstić information content (AvgIpc) is 2.99. The molecule has 4 heterocycles. The van der Waals surface area contributed by atoms with E-state index in [0.717, 1.165) is 48.5 Å². The predicted octanol–water partition coefficient (Wildman–Crippen LogP) is 4.54. The number of para-hydroxylation sites is 1. The van der Waals surface area contributed by atoms with E-state index in [0.29, 0.717) is 22.9 Å². The molecule has 6 rings (SSSR count). The summed E-state index contributed by atoms with van der Waals surface area (Å²) in [6.45, 7) is 5.54. The monoisotopic (exact) mass is 532 g/mol. The molecule has 0 spiro atoms. The second-order valence-electron chi connectivity index (χ2n) is 9.57. The first-order valence-corrected chi connectivity index (χ1v) is 13.1. The second kappa shape index (κ2) is 11.0. The van der Waals surface area contributed by atoms with Crippen molar-refractivity contribution in [3.05, 3.63) is 113 Å². The van der Waals surface area contributed by atoms with Crippen molar-refractivity contribution in [1.29, 1.82) is 0 Å². The van der Waals surface area contributed by atoms with Gasteiger partial charge in [0, 0.05) is 55.3 Å². The van der Waals surface area contributed by atoms with Crippen molar-refractivity contribution in [1.82, 2.24) is 19.9 Å². The van der Waals surface area contributed by atoms with E-state index in [-0.39, 0.29) is 11.1 Å². The Morgan fingerprint density at radius 2 is 1.77 bits per heavy atom. The molecule has 2 N–H and O–H groups in total. The lowest BCUT2D eigenvalue weighted by Gasteiger charge is -2.28. The van der Waals surface area contributed by atoms with Gasteiger partial charge >= 0.3 is 0 Å². The number of carbonyl (C=O) groups is 1. The van der Waals surface area contributed by atoms with Crippen LogP contribution in [0.5, 0.6) is 11.5 Å². The molecule has 5 aromatic rings. The van der Waals surface area contributed by atoms with Crippen molar-refractivity contribution in [3.8, 4) is 17.2 Å².